The first-order valence-electron chi connectivity index (χ1n) is 7.81. The Morgan fingerprint density at radius 3 is 1.00 bits per heavy atom. The topological polar surface area (TPSA) is 208 Å². The van der Waals surface area contributed by atoms with Crippen LogP contribution in [0, 0.1) is 30.3 Å². The molecule has 0 aromatic carbocycles. The normalized spacial score (nSPS) is 10.8. The van der Waals surface area contributed by atoms with Crippen LogP contribution in [-0.4, -0.2) is 29.7 Å². The SMILES string of the molecule is O=[N+]([O-])c1ccc(-c2nc(-c3ccc([N+](=O)[O-])o3)nc(-c3ccc([N+](=O)[O-])o3)n2)o1. The second-order valence-electron chi connectivity index (χ2n) is 5.49. The smallest absolute Gasteiger partial charge is 0.397 e. The van der Waals surface area contributed by atoms with E-state index in [9.17, 15) is 30.3 Å². The summed E-state index contributed by atoms with van der Waals surface area (Å²) in [6.07, 6.45) is 0. The Balaban J connectivity index is 1.86. The quantitative estimate of drug-likeness (QED) is 0.328. The van der Waals surface area contributed by atoms with Crippen molar-refractivity contribution in [2.24, 2.45) is 0 Å². The van der Waals surface area contributed by atoms with Crippen molar-refractivity contribution >= 4 is 17.7 Å². The van der Waals surface area contributed by atoms with Crippen molar-refractivity contribution in [1.82, 2.24) is 15.0 Å². The third kappa shape index (κ3) is 3.33. The van der Waals surface area contributed by atoms with Crippen LogP contribution in [0.2, 0.25) is 0 Å². The van der Waals surface area contributed by atoms with Crippen LogP contribution in [-0.2, 0) is 0 Å². The van der Waals surface area contributed by atoms with Gasteiger partial charge in [0.15, 0.2) is 34.8 Å². The number of nitro groups is 3. The van der Waals surface area contributed by atoms with Crippen LogP contribution in [0.25, 0.3) is 34.8 Å². The van der Waals surface area contributed by atoms with Crippen molar-refractivity contribution in [2.45, 2.75) is 0 Å². The summed E-state index contributed by atoms with van der Waals surface area (Å²) in [7, 11) is 0. The van der Waals surface area contributed by atoms with E-state index in [0.29, 0.717) is 0 Å². The lowest BCUT2D eigenvalue weighted by molar-refractivity contribution is -0.402. The third-order valence-corrected chi connectivity index (χ3v) is 3.61. The maximum atomic E-state index is 10.9. The highest BCUT2D eigenvalue weighted by Gasteiger charge is 2.23. The van der Waals surface area contributed by atoms with Gasteiger partial charge in [-0.2, -0.15) is 0 Å². The van der Waals surface area contributed by atoms with Crippen LogP contribution in [0.3, 0.4) is 0 Å². The molecule has 15 nitrogen and oxygen atoms in total. The molecule has 30 heavy (non-hydrogen) atoms. The first-order chi connectivity index (χ1) is 14.3. The van der Waals surface area contributed by atoms with E-state index in [1.54, 1.807) is 0 Å². The number of hydrogen-bond acceptors (Lipinski definition) is 12. The van der Waals surface area contributed by atoms with Gasteiger partial charge in [-0.05, 0) is 18.2 Å². The van der Waals surface area contributed by atoms with Gasteiger partial charge < -0.3 is 13.3 Å². The Bertz CT molecular complexity index is 1130. The zero-order valence-electron chi connectivity index (χ0n) is 14.3. The molecular weight excluding hydrogens is 408 g/mol. The van der Waals surface area contributed by atoms with Crippen molar-refractivity contribution in [3.05, 3.63) is 66.7 Å². The Labute approximate surface area is 163 Å². The average Bonchev–Trinajstić information content (AvgIpc) is 3.48. The van der Waals surface area contributed by atoms with Crippen molar-refractivity contribution < 1.29 is 28.0 Å². The lowest BCUT2D eigenvalue weighted by Crippen LogP contribution is -1.98. The van der Waals surface area contributed by atoms with Crippen molar-refractivity contribution in [3.8, 4) is 34.8 Å². The van der Waals surface area contributed by atoms with Gasteiger partial charge in [-0.15, -0.1) is 0 Å². The largest absolute Gasteiger partial charge is 0.433 e. The maximum Gasteiger partial charge on any atom is 0.433 e. The predicted octanol–water partition coefficient (Wildman–Crippen LogP) is 3.38. The standard InChI is InChI=1S/C15H6N6O9/c22-19(23)10-4-1-7(28-10)13-16-14(8-2-5-11(29-8)20(24)25)18-15(17-13)9-3-6-12(30-9)21(26)27/h1-6H. The van der Waals surface area contributed by atoms with Crippen molar-refractivity contribution in [2.75, 3.05) is 0 Å². The van der Waals surface area contributed by atoms with E-state index >= 15 is 0 Å². The molecule has 0 aliphatic heterocycles. The van der Waals surface area contributed by atoms with Gasteiger partial charge in [0.05, 0.1) is 18.2 Å². The van der Waals surface area contributed by atoms with Gasteiger partial charge in [-0.1, -0.05) is 0 Å². The highest BCUT2D eigenvalue weighted by Crippen LogP contribution is 2.31. The molecule has 0 unspecified atom stereocenters. The summed E-state index contributed by atoms with van der Waals surface area (Å²) in [4.78, 5) is 42.4. The minimum Gasteiger partial charge on any atom is -0.397 e. The average molecular weight is 414 g/mol. The number of hydrogen-bond donors (Lipinski definition) is 0. The molecule has 150 valence electrons. The molecule has 4 aromatic heterocycles. The molecule has 0 spiro atoms. The van der Waals surface area contributed by atoms with Crippen LogP contribution in [0.15, 0.2) is 49.6 Å². The molecule has 4 aromatic rings. The lowest BCUT2D eigenvalue weighted by Gasteiger charge is -2.02. The summed E-state index contributed by atoms with van der Waals surface area (Å²) < 4.78 is 15.2. The van der Waals surface area contributed by atoms with Gasteiger partial charge in [-0.3, -0.25) is 30.3 Å². The second-order valence-corrected chi connectivity index (χ2v) is 5.49. The number of aromatic nitrogens is 3. The molecule has 0 saturated heterocycles. The first-order valence-corrected chi connectivity index (χ1v) is 7.81. The monoisotopic (exact) mass is 414 g/mol. The van der Waals surface area contributed by atoms with Gasteiger partial charge in [0.1, 0.15) is 14.8 Å². The molecule has 0 radical (unpaired) electrons. The fraction of sp³-hybridized carbons (Fsp3) is 0. The molecule has 4 heterocycles. The fourth-order valence-electron chi connectivity index (χ4n) is 2.34. The minimum atomic E-state index is -0.766. The minimum absolute atomic E-state index is 0.117. The molecule has 0 amide bonds. The Hall–Kier alpha value is -4.95. The van der Waals surface area contributed by atoms with Gasteiger partial charge in [0, 0.05) is 0 Å². The zero-order valence-corrected chi connectivity index (χ0v) is 14.3. The molecule has 0 saturated carbocycles. The van der Waals surface area contributed by atoms with Crippen LogP contribution in [0.4, 0.5) is 17.7 Å². The van der Waals surface area contributed by atoms with Gasteiger partial charge in [-0.25, -0.2) is 15.0 Å². The summed E-state index contributed by atoms with van der Waals surface area (Å²) in [5.74, 6) is -2.65. The molecule has 4 rings (SSSR count). The van der Waals surface area contributed by atoms with Crippen molar-refractivity contribution in [1.29, 1.82) is 0 Å². The zero-order chi connectivity index (χ0) is 21.4. The van der Waals surface area contributed by atoms with E-state index in [1.807, 2.05) is 0 Å². The van der Waals surface area contributed by atoms with E-state index in [2.05, 4.69) is 15.0 Å². The molecule has 0 fully saturated rings. The maximum absolute atomic E-state index is 10.9. The predicted molar refractivity (Wildman–Crippen MR) is 92.9 cm³/mol. The molecular formula is C15H6N6O9. The highest BCUT2D eigenvalue weighted by molar-refractivity contribution is 5.61. The van der Waals surface area contributed by atoms with E-state index in [1.165, 1.54) is 18.2 Å². The molecule has 0 aliphatic rings. The van der Waals surface area contributed by atoms with Gasteiger partial charge >= 0.3 is 17.7 Å². The van der Waals surface area contributed by atoms with Crippen LogP contribution in [0.5, 0.6) is 0 Å². The summed E-state index contributed by atoms with van der Waals surface area (Å²) >= 11 is 0. The van der Waals surface area contributed by atoms with Crippen LogP contribution < -0.4 is 0 Å². The number of rotatable bonds is 6. The Morgan fingerprint density at radius 2 is 0.800 bits per heavy atom. The molecule has 0 aliphatic carbocycles. The fourth-order valence-corrected chi connectivity index (χ4v) is 2.34. The second kappa shape index (κ2) is 6.89. The van der Waals surface area contributed by atoms with Crippen LogP contribution >= 0.6 is 0 Å². The Morgan fingerprint density at radius 1 is 0.533 bits per heavy atom. The molecule has 0 bridgehead atoms. The van der Waals surface area contributed by atoms with E-state index < -0.39 is 32.4 Å². The summed E-state index contributed by atoms with van der Waals surface area (Å²) in [5, 5.41) is 32.6. The van der Waals surface area contributed by atoms with Crippen molar-refractivity contribution in [3.63, 3.8) is 0 Å². The van der Waals surface area contributed by atoms with Gasteiger partial charge in [0.25, 0.3) is 0 Å². The van der Waals surface area contributed by atoms with E-state index in [-0.39, 0.29) is 34.8 Å². The lowest BCUT2D eigenvalue weighted by atomic mass is 10.3. The molecule has 15 heteroatoms. The number of furan rings is 3. The molecule has 0 atom stereocenters. The summed E-state index contributed by atoms with van der Waals surface area (Å²) in [6, 6.07) is 6.93. The summed E-state index contributed by atoms with van der Waals surface area (Å²) in [5.41, 5.74) is 0. The summed E-state index contributed by atoms with van der Waals surface area (Å²) in [6.45, 7) is 0. The molecule has 0 N–H and O–H groups in total. The first kappa shape index (κ1) is 18.4. The van der Waals surface area contributed by atoms with E-state index in [4.69, 9.17) is 13.3 Å². The van der Waals surface area contributed by atoms with Crippen LogP contribution in [0.1, 0.15) is 0 Å². The number of nitrogens with zero attached hydrogens (tertiary/aromatic N) is 6. The van der Waals surface area contributed by atoms with Gasteiger partial charge in [0.2, 0.25) is 0 Å². The third-order valence-electron chi connectivity index (χ3n) is 3.61. The van der Waals surface area contributed by atoms with E-state index in [0.717, 1.165) is 18.2 Å². The Kier molecular flexibility index (Phi) is 4.23. The highest BCUT2D eigenvalue weighted by atomic mass is 16.7.